The maximum absolute atomic E-state index is 13.2. The Morgan fingerprint density at radius 1 is 1.67 bits per heavy atom. The van der Waals surface area contributed by atoms with Crippen molar-refractivity contribution in [1.29, 1.82) is 0 Å². The van der Waals surface area contributed by atoms with Gasteiger partial charge in [0.05, 0.1) is 13.2 Å². The summed E-state index contributed by atoms with van der Waals surface area (Å²) in [7, 11) is 0. The number of carbonyl (C=O) groups excluding carboxylic acids is 1. The summed E-state index contributed by atoms with van der Waals surface area (Å²) in [5.74, 6) is -3.35. The van der Waals surface area contributed by atoms with Crippen molar-refractivity contribution in [3.8, 4) is 0 Å². The van der Waals surface area contributed by atoms with E-state index in [0.29, 0.717) is 13.0 Å². The van der Waals surface area contributed by atoms with Gasteiger partial charge in [0.1, 0.15) is 6.26 Å². The molecule has 7 heteroatoms. The van der Waals surface area contributed by atoms with Crippen molar-refractivity contribution in [2.75, 3.05) is 24.6 Å². The highest BCUT2D eigenvalue weighted by Gasteiger charge is 2.37. The zero-order valence-electron chi connectivity index (χ0n) is 9.99. The molecular weight excluding hydrogens is 246 g/mol. The second-order valence-electron chi connectivity index (χ2n) is 4.12. The molecule has 1 aromatic rings. The lowest BCUT2D eigenvalue weighted by molar-refractivity contribution is -0.0128. The van der Waals surface area contributed by atoms with Crippen LogP contribution in [-0.2, 0) is 4.74 Å². The van der Waals surface area contributed by atoms with Crippen molar-refractivity contribution in [2.24, 2.45) is 0 Å². The molecule has 1 aliphatic heterocycles. The Hall–Kier alpha value is -1.66. The van der Waals surface area contributed by atoms with Crippen LogP contribution >= 0.6 is 0 Å². The molecule has 0 atom stereocenters. The van der Waals surface area contributed by atoms with E-state index in [-0.39, 0.29) is 24.7 Å². The first-order valence-electron chi connectivity index (χ1n) is 5.77. The Balaban J connectivity index is 2.08. The number of oxazole rings is 1. The van der Waals surface area contributed by atoms with E-state index < -0.39 is 18.4 Å². The minimum absolute atomic E-state index is 0.000685. The number of aromatic nitrogens is 1. The molecule has 0 aromatic carbocycles. The van der Waals surface area contributed by atoms with Crippen molar-refractivity contribution in [3.63, 3.8) is 0 Å². The molecule has 18 heavy (non-hydrogen) atoms. The van der Waals surface area contributed by atoms with Gasteiger partial charge in [-0.2, -0.15) is 4.98 Å². The van der Waals surface area contributed by atoms with Gasteiger partial charge >= 0.3 is 5.97 Å². The molecule has 0 N–H and O–H groups in total. The molecule has 1 aliphatic rings. The summed E-state index contributed by atoms with van der Waals surface area (Å²) in [6, 6.07) is 0.0393. The van der Waals surface area contributed by atoms with E-state index in [4.69, 9.17) is 9.15 Å². The first kappa shape index (κ1) is 12.8. The molecule has 2 rings (SSSR count). The van der Waals surface area contributed by atoms with E-state index in [1.165, 1.54) is 4.90 Å². The predicted octanol–water partition coefficient (Wildman–Crippen LogP) is 2.09. The first-order valence-corrected chi connectivity index (χ1v) is 5.77. The molecule has 100 valence electrons. The van der Waals surface area contributed by atoms with Gasteiger partial charge in [0.2, 0.25) is 0 Å². The average Bonchev–Trinajstić information content (AvgIpc) is 2.77. The van der Waals surface area contributed by atoms with Gasteiger partial charge in [-0.1, -0.05) is 0 Å². The van der Waals surface area contributed by atoms with Crippen LogP contribution in [0.25, 0.3) is 0 Å². The minimum atomic E-state index is -2.74. The fourth-order valence-electron chi connectivity index (χ4n) is 1.84. The van der Waals surface area contributed by atoms with E-state index >= 15 is 0 Å². The Morgan fingerprint density at radius 3 is 3.11 bits per heavy atom. The standard InChI is InChI=1S/C11H14F2N2O3/c1-2-17-9(16)8-6-18-10(14-8)15-5-3-4-11(12,13)7-15/h6H,2-5,7H2,1H3. The Bertz CT molecular complexity index is 434. The predicted molar refractivity (Wildman–Crippen MR) is 58.9 cm³/mol. The van der Waals surface area contributed by atoms with Crippen LogP contribution in [0.4, 0.5) is 14.8 Å². The van der Waals surface area contributed by atoms with Gasteiger partial charge in [-0.15, -0.1) is 0 Å². The van der Waals surface area contributed by atoms with Crippen LogP contribution in [0.3, 0.4) is 0 Å². The molecule has 2 heterocycles. The molecule has 0 radical (unpaired) electrons. The highest BCUT2D eigenvalue weighted by molar-refractivity contribution is 5.87. The topological polar surface area (TPSA) is 55.6 Å². The summed E-state index contributed by atoms with van der Waals surface area (Å²) in [5, 5.41) is 0. The second kappa shape index (κ2) is 4.91. The van der Waals surface area contributed by atoms with Crippen molar-refractivity contribution in [1.82, 2.24) is 4.98 Å². The van der Waals surface area contributed by atoms with E-state index in [9.17, 15) is 13.6 Å². The monoisotopic (exact) mass is 260 g/mol. The van der Waals surface area contributed by atoms with Gasteiger partial charge < -0.3 is 14.1 Å². The molecule has 0 spiro atoms. The number of carbonyl (C=O) groups is 1. The van der Waals surface area contributed by atoms with Crippen LogP contribution in [0, 0.1) is 0 Å². The minimum Gasteiger partial charge on any atom is -0.461 e. The van der Waals surface area contributed by atoms with Crippen LogP contribution in [0.15, 0.2) is 10.7 Å². The van der Waals surface area contributed by atoms with Gasteiger partial charge in [-0.3, -0.25) is 0 Å². The largest absolute Gasteiger partial charge is 0.461 e. The summed E-state index contributed by atoms with van der Waals surface area (Å²) >= 11 is 0. The number of alkyl halides is 2. The smallest absolute Gasteiger partial charge is 0.360 e. The third-order valence-electron chi connectivity index (χ3n) is 2.64. The molecule has 0 saturated carbocycles. The average molecular weight is 260 g/mol. The fourth-order valence-corrected chi connectivity index (χ4v) is 1.84. The van der Waals surface area contributed by atoms with E-state index in [1.54, 1.807) is 6.92 Å². The van der Waals surface area contributed by atoms with Gasteiger partial charge in [0.25, 0.3) is 11.9 Å². The maximum atomic E-state index is 13.2. The fraction of sp³-hybridized carbons (Fsp3) is 0.636. The Kier molecular flexibility index (Phi) is 3.49. The van der Waals surface area contributed by atoms with E-state index in [0.717, 1.165) is 6.26 Å². The molecule has 5 nitrogen and oxygen atoms in total. The maximum Gasteiger partial charge on any atom is 0.360 e. The number of esters is 1. The molecule has 0 unspecified atom stereocenters. The summed E-state index contributed by atoms with van der Waals surface area (Å²) in [4.78, 5) is 16.6. The molecule has 1 fully saturated rings. The van der Waals surface area contributed by atoms with Crippen molar-refractivity contribution in [2.45, 2.75) is 25.7 Å². The highest BCUT2D eigenvalue weighted by Crippen LogP contribution is 2.29. The molecular formula is C11H14F2N2O3. The summed E-state index contributed by atoms with van der Waals surface area (Å²) in [6.45, 7) is 1.90. The molecule has 1 saturated heterocycles. The van der Waals surface area contributed by atoms with Gasteiger partial charge in [0.15, 0.2) is 5.69 Å². The number of hydrogen-bond donors (Lipinski definition) is 0. The summed E-state index contributed by atoms with van der Waals surface area (Å²) < 4.78 is 36.2. The lowest BCUT2D eigenvalue weighted by Gasteiger charge is -2.31. The van der Waals surface area contributed by atoms with Crippen LogP contribution in [0.2, 0.25) is 0 Å². The third kappa shape index (κ3) is 2.77. The van der Waals surface area contributed by atoms with Crippen LogP contribution < -0.4 is 4.90 Å². The lowest BCUT2D eigenvalue weighted by Crippen LogP contribution is -2.42. The Labute approximate surface area is 103 Å². The lowest BCUT2D eigenvalue weighted by atomic mass is 10.1. The van der Waals surface area contributed by atoms with E-state index in [2.05, 4.69) is 4.98 Å². The van der Waals surface area contributed by atoms with Crippen LogP contribution in [0.1, 0.15) is 30.3 Å². The zero-order valence-corrected chi connectivity index (χ0v) is 9.99. The van der Waals surface area contributed by atoms with E-state index in [1.807, 2.05) is 0 Å². The SMILES string of the molecule is CCOC(=O)c1coc(N2CCCC(F)(F)C2)n1. The normalized spacial score (nSPS) is 18.7. The first-order chi connectivity index (χ1) is 8.52. The second-order valence-corrected chi connectivity index (χ2v) is 4.12. The highest BCUT2D eigenvalue weighted by atomic mass is 19.3. The quantitative estimate of drug-likeness (QED) is 0.779. The zero-order chi connectivity index (χ0) is 13.2. The third-order valence-corrected chi connectivity index (χ3v) is 2.64. The number of rotatable bonds is 3. The van der Waals surface area contributed by atoms with Gasteiger partial charge in [-0.05, 0) is 13.3 Å². The van der Waals surface area contributed by atoms with Crippen molar-refractivity contribution in [3.05, 3.63) is 12.0 Å². The van der Waals surface area contributed by atoms with Crippen molar-refractivity contribution < 1.29 is 22.7 Å². The van der Waals surface area contributed by atoms with Crippen LogP contribution in [-0.4, -0.2) is 36.6 Å². The van der Waals surface area contributed by atoms with Gasteiger partial charge in [0, 0.05) is 13.0 Å². The summed E-state index contributed by atoms with van der Waals surface area (Å²) in [5.41, 5.74) is 0.000685. The number of hydrogen-bond acceptors (Lipinski definition) is 5. The van der Waals surface area contributed by atoms with Gasteiger partial charge in [-0.25, -0.2) is 13.6 Å². The summed E-state index contributed by atoms with van der Waals surface area (Å²) in [6.07, 6.45) is 1.36. The Morgan fingerprint density at radius 2 is 2.44 bits per heavy atom. The molecule has 0 amide bonds. The number of anilines is 1. The number of ether oxygens (including phenoxy) is 1. The number of piperidine rings is 1. The number of halogens is 2. The molecule has 1 aromatic heterocycles. The molecule has 0 bridgehead atoms. The van der Waals surface area contributed by atoms with Crippen molar-refractivity contribution >= 4 is 12.0 Å². The number of nitrogens with zero attached hydrogens (tertiary/aromatic N) is 2. The van der Waals surface area contributed by atoms with Crippen LogP contribution in [0.5, 0.6) is 0 Å². The molecule has 0 aliphatic carbocycles.